The van der Waals surface area contributed by atoms with Crippen molar-refractivity contribution < 1.29 is 14.6 Å². The molecule has 0 aromatic heterocycles. The first-order valence-corrected chi connectivity index (χ1v) is 6.28. The van der Waals surface area contributed by atoms with Crippen LogP contribution in [0.5, 0.6) is 0 Å². The maximum Gasteiger partial charge on any atom is 0.249 e. The molecule has 1 aliphatic heterocycles. The average Bonchev–Trinajstić information content (AvgIpc) is 2.79. The number of aliphatic hydroxyl groups is 1. The SMILES string of the molecule is CCCC(CCO)CNC(=O)[C@H]1CCCO1. The fourth-order valence-electron chi connectivity index (χ4n) is 2.08. The van der Waals surface area contributed by atoms with Gasteiger partial charge in [-0.1, -0.05) is 13.3 Å². The van der Waals surface area contributed by atoms with Crippen LogP contribution < -0.4 is 5.32 Å². The van der Waals surface area contributed by atoms with E-state index in [0.717, 1.165) is 32.1 Å². The Labute approximate surface area is 97.4 Å². The summed E-state index contributed by atoms with van der Waals surface area (Å²) in [5.74, 6) is 0.400. The zero-order valence-corrected chi connectivity index (χ0v) is 10.1. The van der Waals surface area contributed by atoms with E-state index >= 15 is 0 Å². The second-order valence-corrected chi connectivity index (χ2v) is 4.41. The zero-order chi connectivity index (χ0) is 11.8. The largest absolute Gasteiger partial charge is 0.396 e. The van der Waals surface area contributed by atoms with Crippen molar-refractivity contribution in [1.29, 1.82) is 0 Å². The van der Waals surface area contributed by atoms with E-state index in [1.165, 1.54) is 0 Å². The molecule has 0 aliphatic carbocycles. The van der Waals surface area contributed by atoms with Gasteiger partial charge in [0.05, 0.1) is 0 Å². The molecule has 0 radical (unpaired) electrons. The molecule has 2 N–H and O–H groups in total. The second kappa shape index (κ2) is 7.63. The number of carbonyl (C=O) groups is 1. The summed E-state index contributed by atoms with van der Waals surface area (Å²) >= 11 is 0. The smallest absolute Gasteiger partial charge is 0.249 e. The van der Waals surface area contributed by atoms with E-state index < -0.39 is 0 Å². The molecule has 1 heterocycles. The minimum absolute atomic E-state index is 0.0107. The highest BCUT2D eigenvalue weighted by Gasteiger charge is 2.23. The molecular weight excluding hydrogens is 206 g/mol. The van der Waals surface area contributed by atoms with Crippen LogP contribution in [-0.4, -0.2) is 36.9 Å². The number of rotatable bonds is 7. The molecule has 2 atom stereocenters. The quantitative estimate of drug-likeness (QED) is 0.687. The van der Waals surface area contributed by atoms with Crippen LogP contribution in [0.1, 0.15) is 39.0 Å². The summed E-state index contributed by atoms with van der Waals surface area (Å²) in [4.78, 5) is 11.7. The van der Waals surface area contributed by atoms with Gasteiger partial charge in [-0.2, -0.15) is 0 Å². The normalized spacial score (nSPS) is 22.0. The van der Waals surface area contributed by atoms with E-state index in [0.29, 0.717) is 19.1 Å². The van der Waals surface area contributed by atoms with Crippen LogP contribution in [0.25, 0.3) is 0 Å². The number of hydrogen-bond donors (Lipinski definition) is 2. The molecule has 0 spiro atoms. The minimum Gasteiger partial charge on any atom is -0.396 e. The fourth-order valence-corrected chi connectivity index (χ4v) is 2.08. The standard InChI is InChI=1S/C12H23NO3/c1-2-4-10(6-7-14)9-13-12(15)11-5-3-8-16-11/h10-11,14H,2-9H2,1H3,(H,13,15)/t10?,11-/m1/s1. The number of ether oxygens (including phenoxy) is 1. The van der Waals surface area contributed by atoms with Crippen molar-refractivity contribution in [2.75, 3.05) is 19.8 Å². The van der Waals surface area contributed by atoms with E-state index in [1.807, 2.05) is 0 Å². The lowest BCUT2D eigenvalue weighted by atomic mass is 10.00. The first kappa shape index (κ1) is 13.5. The highest BCUT2D eigenvalue weighted by molar-refractivity contribution is 5.80. The molecule has 1 fully saturated rings. The molecule has 0 aromatic rings. The van der Waals surface area contributed by atoms with Crippen LogP contribution in [0.4, 0.5) is 0 Å². The predicted molar refractivity (Wildman–Crippen MR) is 62.1 cm³/mol. The monoisotopic (exact) mass is 229 g/mol. The van der Waals surface area contributed by atoms with Crippen LogP contribution in [-0.2, 0) is 9.53 Å². The zero-order valence-electron chi connectivity index (χ0n) is 10.1. The van der Waals surface area contributed by atoms with Crippen LogP contribution in [0.3, 0.4) is 0 Å². The van der Waals surface area contributed by atoms with Gasteiger partial charge in [-0.15, -0.1) is 0 Å². The Hall–Kier alpha value is -0.610. The van der Waals surface area contributed by atoms with Gasteiger partial charge >= 0.3 is 0 Å². The summed E-state index contributed by atoms with van der Waals surface area (Å²) in [6.45, 7) is 3.67. The van der Waals surface area contributed by atoms with Crippen molar-refractivity contribution in [3.8, 4) is 0 Å². The average molecular weight is 229 g/mol. The molecule has 1 amide bonds. The van der Waals surface area contributed by atoms with E-state index in [1.54, 1.807) is 0 Å². The number of carbonyl (C=O) groups excluding carboxylic acids is 1. The predicted octanol–water partition coefficient (Wildman–Crippen LogP) is 1.08. The van der Waals surface area contributed by atoms with E-state index in [9.17, 15) is 4.79 Å². The summed E-state index contributed by atoms with van der Waals surface area (Å²) in [7, 11) is 0. The van der Waals surface area contributed by atoms with Crippen molar-refractivity contribution >= 4 is 5.91 Å². The molecule has 0 saturated carbocycles. The van der Waals surface area contributed by atoms with Gasteiger partial charge < -0.3 is 15.2 Å². The molecule has 0 bridgehead atoms. The second-order valence-electron chi connectivity index (χ2n) is 4.41. The van der Waals surface area contributed by atoms with Gasteiger partial charge in [-0.25, -0.2) is 0 Å². The third-order valence-electron chi connectivity index (χ3n) is 3.02. The van der Waals surface area contributed by atoms with Crippen LogP contribution in [0.2, 0.25) is 0 Å². The molecule has 1 rings (SSSR count). The Morgan fingerprint density at radius 3 is 2.94 bits per heavy atom. The third kappa shape index (κ3) is 4.49. The highest BCUT2D eigenvalue weighted by Crippen LogP contribution is 2.13. The topological polar surface area (TPSA) is 58.6 Å². The summed E-state index contributed by atoms with van der Waals surface area (Å²) in [5, 5.41) is 11.8. The van der Waals surface area contributed by atoms with Gasteiger partial charge in [0.25, 0.3) is 0 Å². The molecule has 1 saturated heterocycles. The summed E-state index contributed by atoms with van der Waals surface area (Å²) in [6.07, 6.45) is 4.47. The molecule has 16 heavy (non-hydrogen) atoms. The lowest BCUT2D eigenvalue weighted by Crippen LogP contribution is -2.37. The summed E-state index contributed by atoms with van der Waals surface area (Å²) in [6, 6.07) is 0. The van der Waals surface area contributed by atoms with E-state index in [4.69, 9.17) is 9.84 Å². The number of hydrogen-bond acceptors (Lipinski definition) is 3. The lowest BCUT2D eigenvalue weighted by Gasteiger charge is -2.17. The Balaban J connectivity index is 2.21. The van der Waals surface area contributed by atoms with Crippen LogP contribution >= 0.6 is 0 Å². The Kier molecular flexibility index (Phi) is 6.42. The van der Waals surface area contributed by atoms with Gasteiger partial charge in [0.15, 0.2) is 0 Å². The van der Waals surface area contributed by atoms with Gasteiger partial charge in [-0.3, -0.25) is 4.79 Å². The number of aliphatic hydroxyl groups excluding tert-OH is 1. The maximum absolute atomic E-state index is 11.7. The first-order chi connectivity index (χ1) is 7.77. The Bertz CT molecular complexity index is 196. The Morgan fingerprint density at radius 1 is 1.56 bits per heavy atom. The van der Waals surface area contributed by atoms with Gasteiger partial charge in [0, 0.05) is 19.8 Å². The van der Waals surface area contributed by atoms with Gasteiger partial charge in [0.1, 0.15) is 6.10 Å². The van der Waals surface area contributed by atoms with Crippen molar-refractivity contribution in [3.63, 3.8) is 0 Å². The molecule has 1 aliphatic rings. The molecule has 4 nitrogen and oxygen atoms in total. The summed E-state index contributed by atoms with van der Waals surface area (Å²) < 4.78 is 5.31. The third-order valence-corrected chi connectivity index (χ3v) is 3.02. The number of amides is 1. The molecule has 1 unspecified atom stereocenters. The first-order valence-electron chi connectivity index (χ1n) is 6.28. The minimum atomic E-state index is -0.239. The highest BCUT2D eigenvalue weighted by atomic mass is 16.5. The van der Waals surface area contributed by atoms with E-state index in [2.05, 4.69) is 12.2 Å². The molecular formula is C12H23NO3. The molecule has 94 valence electrons. The van der Waals surface area contributed by atoms with Crippen molar-refractivity contribution in [3.05, 3.63) is 0 Å². The van der Waals surface area contributed by atoms with Crippen molar-refractivity contribution in [1.82, 2.24) is 5.32 Å². The van der Waals surface area contributed by atoms with E-state index in [-0.39, 0.29) is 18.6 Å². The fraction of sp³-hybridized carbons (Fsp3) is 0.917. The van der Waals surface area contributed by atoms with Crippen molar-refractivity contribution in [2.24, 2.45) is 5.92 Å². The Morgan fingerprint density at radius 2 is 2.38 bits per heavy atom. The lowest BCUT2D eigenvalue weighted by molar-refractivity contribution is -0.130. The number of nitrogens with one attached hydrogen (secondary N) is 1. The van der Waals surface area contributed by atoms with Crippen molar-refractivity contribution in [2.45, 2.75) is 45.1 Å². The molecule has 0 aromatic carbocycles. The van der Waals surface area contributed by atoms with Gasteiger partial charge in [0.2, 0.25) is 5.91 Å². The maximum atomic E-state index is 11.7. The van der Waals surface area contributed by atoms with Crippen LogP contribution in [0.15, 0.2) is 0 Å². The molecule has 4 heteroatoms. The van der Waals surface area contributed by atoms with Crippen LogP contribution in [0, 0.1) is 5.92 Å². The van der Waals surface area contributed by atoms with Gasteiger partial charge in [-0.05, 0) is 31.6 Å². The summed E-state index contributed by atoms with van der Waals surface area (Å²) in [5.41, 5.74) is 0.